The van der Waals surface area contributed by atoms with Crippen LogP contribution in [0.1, 0.15) is 30.9 Å². The standard InChI is InChI=1S/C27H30N2O6/c1-4-5-19(29-27(31)11-18-16-35-25-13-21(33-3)7-9-23(18)25)14-28-26(30)10-17-15-34-24-12-20(32-2)6-8-22(17)24/h6-9,12-13,15-16,19H,4-5,10-11,14H2,1-3H3,(H,28,30)(H,29,31). The number of hydrogen-bond donors (Lipinski definition) is 2. The van der Waals surface area contributed by atoms with E-state index in [1.54, 1.807) is 38.9 Å². The smallest absolute Gasteiger partial charge is 0.224 e. The topological polar surface area (TPSA) is 103 Å². The molecule has 35 heavy (non-hydrogen) atoms. The molecule has 0 aliphatic heterocycles. The number of fused-ring (bicyclic) bond motifs is 2. The van der Waals surface area contributed by atoms with Crippen LogP contribution >= 0.6 is 0 Å². The Balaban J connectivity index is 1.32. The summed E-state index contributed by atoms with van der Waals surface area (Å²) in [6, 6.07) is 10.9. The Hall–Kier alpha value is -3.94. The number of carbonyl (C=O) groups is 2. The van der Waals surface area contributed by atoms with E-state index in [0.717, 1.165) is 34.7 Å². The molecule has 2 N–H and O–H groups in total. The van der Waals surface area contributed by atoms with Gasteiger partial charge in [-0.25, -0.2) is 0 Å². The molecule has 0 spiro atoms. The van der Waals surface area contributed by atoms with Crippen LogP contribution in [0.2, 0.25) is 0 Å². The zero-order chi connectivity index (χ0) is 24.8. The summed E-state index contributed by atoms with van der Waals surface area (Å²) in [4.78, 5) is 25.4. The second-order valence-corrected chi connectivity index (χ2v) is 8.46. The second kappa shape index (κ2) is 11.0. The maximum absolute atomic E-state index is 12.7. The van der Waals surface area contributed by atoms with Crippen molar-refractivity contribution in [2.24, 2.45) is 0 Å². The van der Waals surface area contributed by atoms with Gasteiger partial charge in [-0.1, -0.05) is 13.3 Å². The summed E-state index contributed by atoms with van der Waals surface area (Å²) in [5, 5.41) is 7.75. The molecule has 1 unspecified atom stereocenters. The van der Waals surface area contributed by atoms with Crippen LogP contribution in [-0.2, 0) is 22.4 Å². The van der Waals surface area contributed by atoms with E-state index in [9.17, 15) is 9.59 Å². The fraction of sp³-hybridized carbons (Fsp3) is 0.333. The molecule has 184 valence electrons. The summed E-state index contributed by atoms with van der Waals surface area (Å²) in [5.74, 6) is 1.15. The predicted octanol–water partition coefficient (Wildman–Crippen LogP) is 4.38. The second-order valence-electron chi connectivity index (χ2n) is 8.46. The molecule has 2 amide bonds. The average molecular weight is 479 g/mol. The first-order valence-electron chi connectivity index (χ1n) is 11.6. The van der Waals surface area contributed by atoms with Gasteiger partial charge in [-0.15, -0.1) is 0 Å². The molecule has 8 heteroatoms. The largest absolute Gasteiger partial charge is 0.497 e. The Labute approximate surface area is 203 Å². The first-order valence-corrected chi connectivity index (χ1v) is 11.6. The molecule has 0 fully saturated rings. The quantitative estimate of drug-likeness (QED) is 0.332. The van der Waals surface area contributed by atoms with Gasteiger partial charge in [-0.05, 0) is 30.7 Å². The highest BCUT2D eigenvalue weighted by Gasteiger charge is 2.17. The fourth-order valence-corrected chi connectivity index (χ4v) is 4.15. The lowest BCUT2D eigenvalue weighted by molar-refractivity contribution is -0.123. The summed E-state index contributed by atoms with van der Waals surface area (Å²) in [6.07, 6.45) is 5.21. The number of amides is 2. The summed E-state index contributed by atoms with van der Waals surface area (Å²) in [7, 11) is 3.19. The SMILES string of the molecule is CCCC(CNC(=O)Cc1coc2cc(OC)ccc12)NC(=O)Cc1coc2cc(OC)ccc12. The van der Waals surface area contributed by atoms with Gasteiger partial charge in [0, 0.05) is 46.6 Å². The molecule has 0 aliphatic carbocycles. The highest BCUT2D eigenvalue weighted by Crippen LogP contribution is 2.27. The molecule has 0 saturated carbocycles. The number of carbonyl (C=O) groups excluding carboxylic acids is 2. The van der Waals surface area contributed by atoms with E-state index >= 15 is 0 Å². The molecule has 0 bridgehead atoms. The number of ether oxygens (including phenoxy) is 2. The summed E-state index contributed by atoms with van der Waals surface area (Å²) >= 11 is 0. The van der Waals surface area contributed by atoms with Crippen molar-refractivity contribution in [1.29, 1.82) is 0 Å². The first-order chi connectivity index (χ1) is 17.0. The molecule has 2 aromatic carbocycles. The normalized spacial score (nSPS) is 12.0. The number of hydrogen-bond acceptors (Lipinski definition) is 6. The Kier molecular flexibility index (Phi) is 7.60. The zero-order valence-corrected chi connectivity index (χ0v) is 20.2. The number of furan rings is 2. The van der Waals surface area contributed by atoms with Crippen molar-refractivity contribution in [3.8, 4) is 11.5 Å². The van der Waals surface area contributed by atoms with Crippen LogP contribution in [-0.4, -0.2) is 38.6 Å². The van der Waals surface area contributed by atoms with E-state index in [4.69, 9.17) is 18.3 Å². The molecule has 0 saturated heterocycles. The predicted molar refractivity (Wildman–Crippen MR) is 133 cm³/mol. The van der Waals surface area contributed by atoms with Crippen molar-refractivity contribution in [2.75, 3.05) is 20.8 Å². The summed E-state index contributed by atoms with van der Waals surface area (Å²) in [6.45, 7) is 2.40. The van der Waals surface area contributed by atoms with Gasteiger partial charge in [0.15, 0.2) is 0 Å². The fourth-order valence-electron chi connectivity index (χ4n) is 4.15. The highest BCUT2D eigenvalue weighted by atomic mass is 16.5. The van der Waals surface area contributed by atoms with E-state index < -0.39 is 0 Å². The van der Waals surface area contributed by atoms with Crippen molar-refractivity contribution in [3.05, 3.63) is 60.1 Å². The third-order valence-electron chi connectivity index (χ3n) is 5.98. The third-order valence-corrected chi connectivity index (χ3v) is 5.98. The van der Waals surface area contributed by atoms with E-state index in [-0.39, 0.29) is 30.7 Å². The van der Waals surface area contributed by atoms with Crippen molar-refractivity contribution >= 4 is 33.8 Å². The molecule has 2 aromatic heterocycles. The average Bonchev–Trinajstić information content (AvgIpc) is 3.45. The molecular formula is C27H30N2O6. The lowest BCUT2D eigenvalue weighted by Gasteiger charge is -2.18. The Bertz CT molecular complexity index is 1320. The van der Waals surface area contributed by atoms with Gasteiger partial charge in [-0.2, -0.15) is 0 Å². The Morgan fingerprint density at radius 1 is 0.857 bits per heavy atom. The summed E-state index contributed by atoms with van der Waals surface area (Å²) < 4.78 is 21.6. The minimum atomic E-state index is -0.167. The molecule has 4 rings (SSSR count). The maximum atomic E-state index is 12.7. The van der Waals surface area contributed by atoms with Gasteiger partial charge in [-0.3, -0.25) is 9.59 Å². The van der Waals surface area contributed by atoms with Crippen LogP contribution in [0.3, 0.4) is 0 Å². The van der Waals surface area contributed by atoms with Crippen LogP contribution in [0.5, 0.6) is 11.5 Å². The van der Waals surface area contributed by atoms with Gasteiger partial charge >= 0.3 is 0 Å². The molecular weight excluding hydrogens is 448 g/mol. The van der Waals surface area contributed by atoms with Crippen LogP contribution in [0.25, 0.3) is 21.9 Å². The lowest BCUT2D eigenvalue weighted by Crippen LogP contribution is -2.44. The monoisotopic (exact) mass is 478 g/mol. The van der Waals surface area contributed by atoms with E-state index in [2.05, 4.69) is 10.6 Å². The van der Waals surface area contributed by atoms with Gasteiger partial charge < -0.3 is 28.9 Å². The molecule has 8 nitrogen and oxygen atoms in total. The molecule has 4 aromatic rings. The van der Waals surface area contributed by atoms with Gasteiger partial charge in [0.05, 0.1) is 39.6 Å². The van der Waals surface area contributed by atoms with Gasteiger partial charge in [0.2, 0.25) is 11.8 Å². The molecule has 1 atom stereocenters. The van der Waals surface area contributed by atoms with Crippen LogP contribution < -0.4 is 20.1 Å². The van der Waals surface area contributed by atoms with Crippen molar-refractivity contribution in [1.82, 2.24) is 10.6 Å². The number of methoxy groups -OCH3 is 2. The van der Waals surface area contributed by atoms with Crippen LogP contribution in [0.15, 0.2) is 57.8 Å². The van der Waals surface area contributed by atoms with Gasteiger partial charge in [0.1, 0.15) is 22.7 Å². The zero-order valence-electron chi connectivity index (χ0n) is 20.2. The Morgan fingerprint density at radius 3 is 1.91 bits per heavy atom. The van der Waals surface area contributed by atoms with Crippen molar-refractivity contribution < 1.29 is 27.9 Å². The minimum Gasteiger partial charge on any atom is -0.497 e. The van der Waals surface area contributed by atoms with E-state index in [1.165, 1.54) is 0 Å². The maximum Gasteiger partial charge on any atom is 0.224 e. The number of benzene rings is 2. The third kappa shape index (κ3) is 5.77. The number of nitrogens with one attached hydrogen (secondary N) is 2. The van der Waals surface area contributed by atoms with Gasteiger partial charge in [0.25, 0.3) is 0 Å². The Morgan fingerprint density at radius 2 is 1.40 bits per heavy atom. The first kappa shape index (κ1) is 24.2. The van der Waals surface area contributed by atoms with Crippen LogP contribution in [0.4, 0.5) is 0 Å². The highest BCUT2D eigenvalue weighted by molar-refractivity contribution is 5.89. The minimum absolute atomic E-state index is 0.119. The summed E-state index contributed by atoms with van der Waals surface area (Å²) in [5.41, 5.74) is 2.96. The molecule has 0 aliphatic rings. The van der Waals surface area contributed by atoms with E-state index in [0.29, 0.717) is 29.2 Å². The lowest BCUT2D eigenvalue weighted by atomic mass is 10.1. The molecule has 0 radical (unpaired) electrons. The van der Waals surface area contributed by atoms with Crippen molar-refractivity contribution in [2.45, 2.75) is 38.6 Å². The van der Waals surface area contributed by atoms with E-state index in [1.807, 2.05) is 31.2 Å². The molecule has 2 heterocycles. The van der Waals surface area contributed by atoms with Crippen molar-refractivity contribution in [3.63, 3.8) is 0 Å². The van der Waals surface area contributed by atoms with Crippen LogP contribution in [0, 0.1) is 0 Å². The number of rotatable bonds is 11.